The monoisotopic (exact) mass is 564 g/mol. The number of aromatic nitrogens is 2. The van der Waals surface area contributed by atoms with Crippen LogP contribution < -0.4 is 10.6 Å². The predicted octanol–water partition coefficient (Wildman–Crippen LogP) is 4.55. The van der Waals surface area contributed by atoms with Crippen LogP contribution in [0.5, 0.6) is 0 Å². The number of hydrogen-bond donors (Lipinski definition) is 3. The zero-order valence-corrected chi connectivity index (χ0v) is 22.0. The number of aliphatic hydroxyl groups is 1. The molecule has 2 aromatic heterocycles. The third kappa shape index (κ3) is 5.10. The van der Waals surface area contributed by atoms with Crippen molar-refractivity contribution < 1.29 is 19.4 Å². The number of nitrogens with one attached hydrogen (secondary N) is 2. The van der Waals surface area contributed by atoms with E-state index in [0.717, 1.165) is 65.6 Å². The van der Waals surface area contributed by atoms with E-state index in [1.807, 2.05) is 36.4 Å². The molecule has 3 N–H and O–H groups in total. The molecule has 37 heavy (non-hydrogen) atoms. The second-order valence-electron chi connectivity index (χ2n) is 9.53. The molecule has 1 aromatic carbocycles. The summed E-state index contributed by atoms with van der Waals surface area (Å²) in [6, 6.07) is 11.0. The summed E-state index contributed by atoms with van der Waals surface area (Å²) in [6.07, 6.45) is 10.3. The van der Waals surface area contributed by atoms with Crippen molar-refractivity contribution in [2.45, 2.75) is 44.6 Å². The largest absolute Gasteiger partial charge is 0.462 e. The zero-order valence-electron chi connectivity index (χ0n) is 20.4. The molecule has 0 bridgehead atoms. The Morgan fingerprint density at radius 1 is 1.11 bits per heavy atom. The van der Waals surface area contributed by atoms with Crippen molar-refractivity contribution in [3.05, 3.63) is 70.7 Å². The van der Waals surface area contributed by atoms with E-state index < -0.39 is 17.4 Å². The van der Waals surface area contributed by atoms with Crippen LogP contribution in [0.1, 0.15) is 37.7 Å². The molecule has 192 valence electrons. The number of aliphatic hydroxyl groups excluding tert-OH is 1. The minimum atomic E-state index is -0.689. The van der Waals surface area contributed by atoms with Gasteiger partial charge in [-0.15, -0.1) is 0 Å². The highest BCUT2D eigenvalue weighted by Crippen LogP contribution is 2.53. The molecule has 0 amide bonds. The van der Waals surface area contributed by atoms with Crippen LogP contribution in [0.3, 0.4) is 0 Å². The Labute approximate surface area is 223 Å². The zero-order chi connectivity index (χ0) is 25.8. The first-order chi connectivity index (χ1) is 18.0. The van der Waals surface area contributed by atoms with E-state index >= 15 is 0 Å². The number of pyridine rings is 2. The number of carbonyl (C=O) groups excluding carboxylic acids is 2. The van der Waals surface area contributed by atoms with Gasteiger partial charge in [-0.25, -0.2) is 9.78 Å². The molecule has 1 saturated carbocycles. The Morgan fingerprint density at radius 3 is 2.62 bits per heavy atom. The van der Waals surface area contributed by atoms with Gasteiger partial charge in [0.1, 0.15) is 18.5 Å². The lowest BCUT2D eigenvalue weighted by atomic mass is 9.62. The van der Waals surface area contributed by atoms with Crippen LogP contribution in [0.4, 0.5) is 11.5 Å². The summed E-state index contributed by atoms with van der Waals surface area (Å²) in [4.78, 5) is 34.4. The van der Waals surface area contributed by atoms with Gasteiger partial charge in [0.25, 0.3) is 0 Å². The number of esters is 1. The Morgan fingerprint density at radius 2 is 1.86 bits per heavy atom. The molecule has 0 unspecified atom stereocenters. The quantitative estimate of drug-likeness (QED) is 0.324. The molecule has 0 radical (unpaired) electrons. The molecule has 1 fully saturated rings. The van der Waals surface area contributed by atoms with Gasteiger partial charge >= 0.3 is 5.97 Å². The average molecular weight is 565 g/mol. The van der Waals surface area contributed by atoms with Gasteiger partial charge in [0.05, 0.1) is 16.5 Å². The third-order valence-electron chi connectivity index (χ3n) is 7.20. The van der Waals surface area contributed by atoms with Crippen molar-refractivity contribution in [2.24, 2.45) is 5.41 Å². The number of benzene rings is 1. The number of fused-ring (bicyclic) bond motifs is 1. The van der Waals surface area contributed by atoms with E-state index in [1.54, 1.807) is 18.6 Å². The number of halogens is 1. The Hall–Kier alpha value is -3.30. The van der Waals surface area contributed by atoms with Gasteiger partial charge in [0, 0.05) is 41.8 Å². The lowest BCUT2D eigenvalue weighted by molar-refractivity contribution is -0.147. The summed E-state index contributed by atoms with van der Waals surface area (Å²) in [5.74, 6) is 0.376. The SMILES string of the molecule is O=C(OCCO)[C@H](Cc1ccc(Nc2nccc3ccncc23)cc1)NC1=C(Br)C(=O)C12CCCCC2. The smallest absolute Gasteiger partial charge is 0.328 e. The van der Waals surface area contributed by atoms with Crippen LogP contribution >= 0.6 is 15.9 Å². The van der Waals surface area contributed by atoms with Gasteiger partial charge in [-0.2, -0.15) is 0 Å². The molecule has 1 atom stereocenters. The number of Topliss-reactive ketones (excluding diaryl/α,β-unsaturated/α-hetero) is 1. The summed E-state index contributed by atoms with van der Waals surface area (Å²) in [5, 5.41) is 17.8. The summed E-state index contributed by atoms with van der Waals surface area (Å²) in [5.41, 5.74) is 2.06. The molecule has 0 saturated heterocycles. The van der Waals surface area contributed by atoms with Crippen molar-refractivity contribution in [2.75, 3.05) is 18.5 Å². The van der Waals surface area contributed by atoms with Crippen molar-refractivity contribution in [3.63, 3.8) is 0 Å². The fourth-order valence-corrected chi connectivity index (χ4v) is 6.11. The molecule has 2 aliphatic carbocycles. The fraction of sp³-hybridized carbons (Fsp3) is 0.357. The second kappa shape index (κ2) is 11.0. The molecule has 1 spiro atoms. The number of ether oxygens (including phenoxy) is 1. The van der Waals surface area contributed by atoms with E-state index in [1.165, 1.54) is 0 Å². The number of carbonyl (C=O) groups is 2. The molecule has 2 aliphatic rings. The maximum absolute atomic E-state index is 12.9. The lowest BCUT2D eigenvalue weighted by Gasteiger charge is -2.46. The first kappa shape index (κ1) is 25.4. The summed E-state index contributed by atoms with van der Waals surface area (Å²) in [6.45, 7) is -0.317. The lowest BCUT2D eigenvalue weighted by Crippen LogP contribution is -2.53. The van der Waals surface area contributed by atoms with Crippen LogP contribution in [0.2, 0.25) is 0 Å². The first-order valence-electron chi connectivity index (χ1n) is 12.6. The van der Waals surface area contributed by atoms with Gasteiger partial charge in [0.15, 0.2) is 5.78 Å². The normalized spacial score (nSPS) is 17.4. The molecule has 0 aliphatic heterocycles. The van der Waals surface area contributed by atoms with Gasteiger partial charge in [0.2, 0.25) is 0 Å². The summed E-state index contributed by atoms with van der Waals surface area (Å²) in [7, 11) is 0. The molecule has 5 rings (SSSR count). The molecular formula is C28H29BrN4O4. The van der Waals surface area contributed by atoms with Crippen molar-refractivity contribution >= 4 is 50.0 Å². The summed E-state index contributed by atoms with van der Waals surface area (Å²) < 4.78 is 5.80. The predicted molar refractivity (Wildman–Crippen MR) is 144 cm³/mol. The number of allylic oxidation sites excluding steroid dienone is 2. The third-order valence-corrected chi connectivity index (χ3v) is 7.96. The highest BCUT2D eigenvalue weighted by atomic mass is 79.9. The van der Waals surface area contributed by atoms with Crippen molar-refractivity contribution in [1.29, 1.82) is 0 Å². The molecule has 8 nitrogen and oxygen atoms in total. The van der Waals surface area contributed by atoms with Crippen LogP contribution in [0.25, 0.3) is 10.8 Å². The van der Waals surface area contributed by atoms with Crippen LogP contribution in [0.15, 0.2) is 65.2 Å². The summed E-state index contributed by atoms with van der Waals surface area (Å²) >= 11 is 3.43. The molecule has 2 heterocycles. The van der Waals surface area contributed by atoms with Crippen LogP contribution in [0, 0.1) is 5.41 Å². The van der Waals surface area contributed by atoms with Gasteiger partial charge in [-0.1, -0.05) is 31.4 Å². The average Bonchev–Trinajstić information content (AvgIpc) is 2.95. The van der Waals surface area contributed by atoms with Crippen LogP contribution in [-0.2, 0) is 20.7 Å². The number of hydrogen-bond acceptors (Lipinski definition) is 8. The highest BCUT2D eigenvalue weighted by Gasteiger charge is 2.53. The van der Waals surface area contributed by atoms with Crippen LogP contribution in [-0.4, -0.2) is 46.1 Å². The first-order valence-corrected chi connectivity index (χ1v) is 13.3. The fourth-order valence-electron chi connectivity index (χ4n) is 5.24. The highest BCUT2D eigenvalue weighted by molar-refractivity contribution is 9.12. The Bertz CT molecular complexity index is 1330. The minimum Gasteiger partial charge on any atom is -0.462 e. The van der Waals surface area contributed by atoms with E-state index in [9.17, 15) is 9.59 Å². The standard InChI is InChI=1S/C28H29BrN4O4/c29-23-24(28(25(23)35)10-2-1-3-11-28)33-22(27(36)37-15-14-34)16-18-4-6-20(7-5-18)32-26-21-17-30-12-8-19(21)9-13-31-26/h4-9,12-13,17,22,33-34H,1-3,10-11,14-16H2,(H,31,32)/t22-/m0/s1. The van der Waals surface area contributed by atoms with E-state index in [2.05, 4.69) is 36.5 Å². The number of rotatable bonds is 9. The van der Waals surface area contributed by atoms with E-state index in [0.29, 0.717) is 10.9 Å². The molecular weight excluding hydrogens is 536 g/mol. The molecule has 3 aromatic rings. The van der Waals surface area contributed by atoms with Gasteiger partial charge in [-0.05, 0) is 64.0 Å². The Balaban J connectivity index is 1.33. The Kier molecular flexibility index (Phi) is 7.53. The van der Waals surface area contributed by atoms with E-state index in [4.69, 9.17) is 9.84 Å². The number of anilines is 2. The number of ketones is 1. The topological polar surface area (TPSA) is 113 Å². The second-order valence-corrected chi connectivity index (χ2v) is 10.3. The maximum Gasteiger partial charge on any atom is 0.328 e. The minimum absolute atomic E-state index is 0.0724. The molecule has 9 heteroatoms. The maximum atomic E-state index is 12.9. The van der Waals surface area contributed by atoms with Crippen molar-refractivity contribution in [1.82, 2.24) is 15.3 Å². The van der Waals surface area contributed by atoms with Crippen molar-refractivity contribution in [3.8, 4) is 0 Å². The van der Waals surface area contributed by atoms with Gasteiger partial charge in [-0.3, -0.25) is 9.78 Å². The number of nitrogens with zero attached hydrogens (tertiary/aromatic N) is 2. The van der Waals surface area contributed by atoms with E-state index in [-0.39, 0.29) is 19.0 Å². The van der Waals surface area contributed by atoms with Gasteiger partial charge < -0.3 is 20.5 Å².